The summed E-state index contributed by atoms with van der Waals surface area (Å²) in [4.78, 5) is 15.3. The minimum absolute atomic E-state index is 0.190. The van der Waals surface area contributed by atoms with Crippen molar-refractivity contribution in [1.82, 2.24) is 4.98 Å². The number of carbonyl (C=O) groups is 1. The molecule has 0 aliphatic carbocycles. The molecule has 0 aliphatic heterocycles. The highest BCUT2D eigenvalue weighted by molar-refractivity contribution is 5.88. The summed E-state index contributed by atoms with van der Waals surface area (Å²) in [5, 5.41) is 9.00. The van der Waals surface area contributed by atoms with Crippen LogP contribution in [-0.4, -0.2) is 16.1 Å². The van der Waals surface area contributed by atoms with Crippen LogP contribution in [0.5, 0.6) is 11.5 Å². The number of benzene rings is 2. The van der Waals surface area contributed by atoms with Crippen LogP contribution in [-0.2, 0) is 0 Å². The van der Waals surface area contributed by atoms with Crippen molar-refractivity contribution in [2.75, 3.05) is 0 Å². The second-order valence-electron chi connectivity index (χ2n) is 4.68. The first-order valence-corrected chi connectivity index (χ1v) is 6.75. The van der Waals surface area contributed by atoms with E-state index in [0.29, 0.717) is 11.5 Å². The van der Waals surface area contributed by atoms with Gasteiger partial charge in [-0.15, -0.1) is 0 Å². The number of aromatic carboxylic acids is 1. The Kier molecular flexibility index (Phi) is 3.83. The van der Waals surface area contributed by atoms with Gasteiger partial charge in [-0.05, 0) is 24.3 Å². The number of carboxylic acid groups (broad SMARTS) is 1. The van der Waals surface area contributed by atoms with E-state index in [4.69, 9.17) is 9.84 Å². The zero-order valence-electron chi connectivity index (χ0n) is 11.6. The monoisotopic (exact) mass is 291 g/mol. The van der Waals surface area contributed by atoms with E-state index >= 15 is 0 Å². The first kappa shape index (κ1) is 13.8. The fourth-order valence-corrected chi connectivity index (χ4v) is 2.07. The Morgan fingerprint density at radius 3 is 2.45 bits per heavy atom. The molecule has 0 spiro atoms. The maximum atomic E-state index is 11.0. The normalized spacial score (nSPS) is 10.2. The van der Waals surface area contributed by atoms with Gasteiger partial charge in [-0.1, -0.05) is 36.4 Å². The third-order valence-electron chi connectivity index (χ3n) is 3.12. The SMILES string of the molecule is O=C(O)c1cccc(Oc2ccnc(-c3ccccc3)c2)c1. The van der Waals surface area contributed by atoms with Crippen LogP contribution in [0.25, 0.3) is 11.3 Å². The van der Waals surface area contributed by atoms with E-state index in [-0.39, 0.29) is 5.56 Å². The minimum Gasteiger partial charge on any atom is -0.478 e. The standard InChI is InChI=1S/C18H13NO3/c20-18(21)14-7-4-8-15(11-14)22-16-9-10-19-17(12-16)13-5-2-1-3-6-13/h1-12H,(H,20,21). The van der Waals surface area contributed by atoms with E-state index in [1.807, 2.05) is 36.4 Å². The Hall–Kier alpha value is -3.14. The van der Waals surface area contributed by atoms with Gasteiger partial charge in [0.05, 0.1) is 11.3 Å². The van der Waals surface area contributed by atoms with Crippen LogP contribution in [0.1, 0.15) is 10.4 Å². The van der Waals surface area contributed by atoms with Crippen molar-refractivity contribution in [1.29, 1.82) is 0 Å². The summed E-state index contributed by atoms with van der Waals surface area (Å²) < 4.78 is 5.73. The lowest BCUT2D eigenvalue weighted by Gasteiger charge is -2.08. The number of ether oxygens (including phenoxy) is 1. The molecule has 0 radical (unpaired) electrons. The zero-order chi connectivity index (χ0) is 15.4. The van der Waals surface area contributed by atoms with Crippen LogP contribution in [0.2, 0.25) is 0 Å². The fourth-order valence-electron chi connectivity index (χ4n) is 2.07. The predicted octanol–water partition coefficient (Wildman–Crippen LogP) is 4.24. The second kappa shape index (κ2) is 6.10. The van der Waals surface area contributed by atoms with Gasteiger partial charge < -0.3 is 9.84 Å². The minimum atomic E-state index is -0.981. The molecule has 4 nitrogen and oxygen atoms in total. The van der Waals surface area contributed by atoms with Gasteiger partial charge in [-0.2, -0.15) is 0 Å². The van der Waals surface area contributed by atoms with Crippen molar-refractivity contribution in [3.63, 3.8) is 0 Å². The number of aromatic nitrogens is 1. The van der Waals surface area contributed by atoms with E-state index in [2.05, 4.69) is 4.98 Å². The number of carboxylic acids is 1. The van der Waals surface area contributed by atoms with Crippen molar-refractivity contribution < 1.29 is 14.6 Å². The number of hydrogen-bond donors (Lipinski definition) is 1. The molecule has 3 rings (SSSR count). The van der Waals surface area contributed by atoms with Crippen molar-refractivity contribution in [2.45, 2.75) is 0 Å². The molecule has 0 amide bonds. The van der Waals surface area contributed by atoms with Gasteiger partial charge in [0, 0.05) is 17.8 Å². The average Bonchev–Trinajstić information content (AvgIpc) is 2.56. The molecule has 108 valence electrons. The van der Waals surface area contributed by atoms with Crippen LogP contribution in [0.4, 0.5) is 0 Å². The van der Waals surface area contributed by atoms with Crippen LogP contribution < -0.4 is 4.74 Å². The quantitative estimate of drug-likeness (QED) is 0.781. The molecule has 0 fully saturated rings. The molecule has 22 heavy (non-hydrogen) atoms. The Morgan fingerprint density at radius 2 is 1.68 bits per heavy atom. The molecule has 0 saturated heterocycles. The maximum absolute atomic E-state index is 11.0. The molecule has 2 aromatic carbocycles. The Bertz CT molecular complexity index is 800. The van der Waals surface area contributed by atoms with Gasteiger partial charge in [0.2, 0.25) is 0 Å². The van der Waals surface area contributed by atoms with Gasteiger partial charge in [-0.3, -0.25) is 4.98 Å². The highest BCUT2D eigenvalue weighted by Crippen LogP contribution is 2.26. The van der Waals surface area contributed by atoms with Crippen LogP contribution >= 0.6 is 0 Å². The highest BCUT2D eigenvalue weighted by atomic mass is 16.5. The van der Waals surface area contributed by atoms with Crippen LogP contribution in [0.3, 0.4) is 0 Å². The Labute approximate surface area is 127 Å². The topological polar surface area (TPSA) is 59.4 Å². The summed E-state index contributed by atoms with van der Waals surface area (Å²) in [6, 6.07) is 19.7. The van der Waals surface area contributed by atoms with Crippen LogP contribution in [0, 0.1) is 0 Å². The van der Waals surface area contributed by atoms with Crippen molar-refractivity contribution in [3.8, 4) is 22.8 Å². The number of hydrogen-bond acceptors (Lipinski definition) is 3. The number of rotatable bonds is 4. The summed E-state index contributed by atoms with van der Waals surface area (Å²) in [6.45, 7) is 0. The van der Waals surface area contributed by atoms with E-state index in [1.54, 1.807) is 24.4 Å². The molecular weight excluding hydrogens is 278 g/mol. The first-order chi connectivity index (χ1) is 10.7. The van der Waals surface area contributed by atoms with Crippen molar-refractivity contribution in [3.05, 3.63) is 78.5 Å². The third-order valence-corrected chi connectivity index (χ3v) is 3.12. The molecular formula is C18H13NO3. The Balaban J connectivity index is 1.87. The average molecular weight is 291 g/mol. The lowest BCUT2D eigenvalue weighted by atomic mass is 10.1. The summed E-state index contributed by atoms with van der Waals surface area (Å²) in [7, 11) is 0. The summed E-state index contributed by atoms with van der Waals surface area (Å²) in [5.41, 5.74) is 1.98. The number of nitrogens with zero attached hydrogens (tertiary/aromatic N) is 1. The maximum Gasteiger partial charge on any atom is 0.335 e. The molecule has 4 heteroatoms. The fraction of sp³-hybridized carbons (Fsp3) is 0. The van der Waals surface area contributed by atoms with Gasteiger partial charge >= 0.3 is 5.97 Å². The van der Waals surface area contributed by atoms with Crippen molar-refractivity contribution >= 4 is 5.97 Å². The van der Waals surface area contributed by atoms with E-state index < -0.39 is 5.97 Å². The smallest absolute Gasteiger partial charge is 0.335 e. The van der Waals surface area contributed by atoms with Gasteiger partial charge in [-0.25, -0.2) is 4.79 Å². The van der Waals surface area contributed by atoms with E-state index in [9.17, 15) is 4.79 Å². The Morgan fingerprint density at radius 1 is 0.909 bits per heavy atom. The summed E-state index contributed by atoms with van der Waals surface area (Å²) in [6.07, 6.45) is 1.67. The molecule has 0 saturated carbocycles. The molecule has 0 aliphatic rings. The first-order valence-electron chi connectivity index (χ1n) is 6.75. The van der Waals surface area contributed by atoms with Gasteiger partial charge in [0.25, 0.3) is 0 Å². The lowest BCUT2D eigenvalue weighted by molar-refractivity contribution is 0.0696. The highest BCUT2D eigenvalue weighted by Gasteiger charge is 2.06. The summed E-state index contributed by atoms with van der Waals surface area (Å²) in [5.74, 6) is 0.103. The molecule has 1 heterocycles. The predicted molar refractivity (Wildman–Crippen MR) is 83.1 cm³/mol. The van der Waals surface area contributed by atoms with Crippen LogP contribution in [0.15, 0.2) is 72.9 Å². The summed E-state index contributed by atoms with van der Waals surface area (Å²) >= 11 is 0. The largest absolute Gasteiger partial charge is 0.478 e. The lowest BCUT2D eigenvalue weighted by Crippen LogP contribution is -1.96. The van der Waals surface area contributed by atoms with Gasteiger partial charge in [0.1, 0.15) is 11.5 Å². The van der Waals surface area contributed by atoms with Gasteiger partial charge in [0.15, 0.2) is 0 Å². The second-order valence-corrected chi connectivity index (χ2v) is 4.68. The molecule has 0 unspecified atom stereocenters. The van der Waals surface area contributed by atoms with E-state index in [0.717, 1.165) is 11.3 Å². The molecule has 3 aromatic rings. The zero-order valence-corrected chi connectivity index (χ0v) is 11.6. The van der Waals surface area contributed by atoms with E-state index in [1.165, 1.54) is 12.1 Å². The van der Waals surface area contributed by atoms with Crippen molar-refractivity contribution in [2.24, 2.45) is 0 Å². The molecule has 1 N–H and O–H groups in total. The molecule has 0 bridgehead atoms. The third kappa shape index (κ3) is 3.12. The number of pyridine rings is 1. The molecule has 1 aromatic heterocycles. The molecule has 0 atom stereocenters.